The van der Waals surface area contributed by atoms with Gasteiger partial charge in [-0.3, -0.25) is 14.7 Å². The number of piperidine rings is 1. The number of carbonyl (C=O) groups is 1. The summed E-state index contributed by atoms with van der Waals surface area (Å²) in [5.41, 5.74) is 0.900. The van der Waals surface area contributed by atoms with Gasteiger partial charge in [0.25, 0.3) is 0 Å². The fraction of sp³-hybridized carbons (Fsp3) is 0.269. The van der Waals surface area contributed by atoms with Crippen molar-refractivity contribution >= 4 is 42.6 Å². The minimum atomic E-state index is -3.69. The van der Waals surface area contributed by atoms with Crippen LogP contribution in [0.3, 0.4) is 0 Å². The number of nitrogens with zero attached hydrogens (tertiary/aromatic N) is 4. The highest BCUT2D eigenvalue weighted by molar-refractivity contribution is 7.89. The smallest absolute Gasteiger partial charge is 0.243 e. The van der Waals surface area contributed by atoms with E-state index in [2.05, 4.69) is 9.97 Å². The number of hydrogen-bond acceptors (Lipinski definition) is 7. The Morgan fingerprint density at radius 1 is 1.11 bits per heavy atom. The van der Waals surface area contributed by atoms with E-state index in [1.165, 1.54) is 41.0 Å². The van der Waals surface area contributed by atoms with Crippen LogP contribution in [0.25, 0.3) is 10.2 Å². The Hall–Kier alpha value is -3.41. The molecular formula is C26H25FN4O4S2. The van der Waals surface area contributed by atoms with Crippen molar-refractivity contribution in [3.8, 4) is 5.75 Å². The number of sulfonamides is 1. The number of hydrogen-bond donors (Lipinski definition) is 0. The molecule has 0 radical (unpaired) electrons. The summed E-state index contributed by atoms with van der Waals surface area (Å²) in [6, 6.07) is 16.4. The monoisotopic (exact) mass is 540 g/mol. The van der Waals surface area contributed by atoms with Crippen LogP contribution >= 0.6 is 11.3 Å². The van der Waals surface area contributed by atoms with Crippen molar-refractivity contribution < 1.29 is 22.3 Å². The first kappa shape index (κ1) is 25.2. The Morgan fingerprint density at radius 3 is 2.51 bits per heavy atom. The number of pyridine rings is 1. The summed E-state index contributed by atoms with van der Waals surface area (Å²) in [5.74, 6) is -0.442. The lowest BCUT2D eigenvalue weighted by molar-refractivity contribution is -0.123. The maximum absolute atomic E-state index is 14.3. The predicted molar refractivity (Wildman–Crippen MR) is 139 cm³/mol. The third-order valence-corrected chi connectivity index (χ3v) is 9.36. The Labute approximate surface area is 218 Å². The molecule has 8 nitrogen and oxygen atoms in total. The largest absolute Gasteiger partial charge is 0.497 e. The lowest BCUT2D eigenvalue weighted by Crippen LogP contribution is -2.44. The van der Waals surface area contributed by atoms with E-state index in [1.807, 2.05) is 12.1 Å². The zero-order chi connectivity index (χ0) is 26.0. The van der Waals surface area contributed by atoms with E-state index in [0.717, 1.165) is 0 Å². The fourth-order valence-corrected chi connectivity index (χ4v) is 6.83. The molecule has 0 spiro atoms. The van der Waals surface area contributed by atoms with Crippen LogP contribution in [0.2, 0.25) is 0 Å². The van der Waals surface area contributed by atoms with Gasteiger partial charge in [0.2, 0.25) is 15.9 Å². The summed E-state index contributed by atoms with van der Waals surface area (Å²) in [4.78, 5) is 24.3. The molecule has 192 valence electrons. The van der Waals surface area contributed by atoms with Crippen molar-refractivity contribution in [2.45, 2.75) is 24.3 Å². The molecule has 0 unspecified atom stereocenters. The highest BCUT2D eigenvalue weighted by atomic mass is 32.2. The minimum Gasteiger partial charge on any atom is -0.497 e. The van der Waals surface area contributed by atoms with E-state index in [1.54, 1.807) is 41.4 Å². The van der Waals surface area contributed by atoms with E-state index in [4.69, 9.17) is 4.74 Å². The maximum atomic E-state index is 14.3. The van der Waals surface area contributed by atoms with Gasteiger partial charge in [0.15, 0.2) is 5.13 Å². The summed E-state index contributed by atoms with van der Waals surface area (Å²) < 4.78 is 47.8. The van der Waals surface area contributed by atoms with Gasteiger partial charge < -0.3 is 4.74 Å². The Balaban J connectivity index is 1.36. The number of benzene rings is 2. The molecule has 4 aromatic rings. The Bertz CT molecular complexity index is 1500. The van der Waals surface area contributed by atoms with Crippen molar-refractivity contribution in [2.75, 3.05) is 25.1 Å². The number of ether oxygens (including phenoxy) is 1. The molecule has 3 heterocycles. The number of rotatable bonds is 7. The normalized spacial score (nSPS) is 15.1. The molecule has 5 rings (SSSR count). The molecule has 1 saturated heterocycles. The number of halogens is 1. The van der Waals surface area contributed by atoms with E-state index < -0.39 is 21.8 Å². The molecule has 1 aliphatic rings. The van der Waals surface area contributed by atoms with Crippen LogP contribution in [0.4, 0.5) is 9.52 Å². The van der Waals surface area contributed by atoms with Crippen molar-refractivity contribution in [1.29, 1.82) is 0 Å². The van der Waals surface area contributed by atoms with Crippen molar-refractivity contribution in [1.82, 2.24) is 14.3 Å². The van der Waals surface area contributed by atoms with Crippen LogP contribution in [0.15, 0.2) is 71.8 Å². The summed E-state index contributed by atoms with van der Waals surface area (Å²) in [7, 11) is -2.17. The van der Waals surface area contributed by atoms with Crippen molar-refractivity contribution in [2.24, 2.45) is 5.92 Å². The highest BCUT2D eigenvalue weighted by Gasteiger charge is 2.35. The topological polar surface area (TPSA) is 92.7 Å². The maximum Gasteiger partial charge on any atom is 0.243 e. The predicted octanol–water partition coefficient (Wildman–Crippen LogP) is 4.47. The number of amides is 1. The molecule has 0 bridgehead atoms. The average Bonchev–Trinajstić information content (AvgIpc) is 3.37. The first-order valence-electron chi connectivity index (χ1n) is 11.8. The molecule has 11 heteroatoms. The number of para-hydroxylation sites is 1. The second-order valence-corrected chi connectivity index (χ2v) is 11.6. The van der Waals surface area contributed by atoms with E-state index in [-0.39, 0.29) is 36.0 Å². The van der Waals surface area contributed by atoms with Gasteiger partial charge in [0.05, 0.1) is 28.9 Å². The van der Waals surface area contributed by atoms with Crippen molar-refractivity contribution in [3.63, 3.8) is 0 Å². The summed E-state index contributed by atoms with van der Waals surface area (Å²) in [6.45, 7) is 0.624. The van der Waals surface area contributed by atoms with Gasteiger partial charge in [-0.15, -0.1) is 0 Å². The van der Waals surface area contributed by atoms with E-state index in [0.29, 0.717) is 34.1 Å². The Kier molecular flexibility index (Phi) is 7.18. The molecule has 0 N–H and O–H groups in total. The molecule has 1 fully saturated rings. The van der Waals surface area contributed by atoms with Crippen LogP contribution in [-0.4, -0.2) is 48.8 Å². The van der Waals surface area contributed by atoms with Crippen LogP contribution in [0, 0.1) is 11.7 Å². The van der Waals surface area contributed by atoms with Crippen LogP contribution < -0.4 is 9.64 Å². The third-order valence-electron chi connectivity index (χ3n) is 6.40. The lowest BCUT2D eigenvalue weighted by Gasteiger charge is -2.33. The molecule has 2 aromatic heterocycles. The summed E-state index contributed by atoms with van der Waals surface area (Å²) in [6.07, 6.45) is 2.39. The molecule has 2 aromatic carbocycles. The standard InChI is InChI=1S/C26H25FN4O4S2/c1-35-20-8-10-21(11-9-20)37(33,34)30-15-12-18(13-16-30)25(32)31(17-19-5-2-3-14-28-19)26-29-24-22(27)6-4-7-23(24)36-26/h2-11,14,18H,12-13,15-17H2,1H3. The number of carbonyl (C=O) groups excluding carboxylic acids is 1. The van der Waals surface area contributed by atoms with E-state index >= 15 is 0 Å². The summed E-state index contributed by atoms with van der Waals surface area (Å²) >= 11 is 1.25. The molecular weight excluding hydrogens is 515 g/mol. The SMILES string of the molecule is COc1ccc(S(=O)(=O)N2CCC(C(=O)N(Cc3ccccn3)c3nc4c(F)cccc4s3)CC2)cc1. The second-order valence-electron chi connectivity index (χ2n) is 8.68. The first-order chi connectivity index (χ1) is 17.9. The number of anilines is 1. The molecule has 1 amide bonds. The van der Waals surface area contributed by atoms with Gasteiger partial charge in [-0.05, 0) is 61.4 Å². The zero-order valence-electron chi connectivity index (χ0n) is 20.1. The minimum absolute atomic E-state index is 0.174. The Morgan fingerprint density at radius 2 is 1.86 bits per heavy atom. The number of aromatic nitrogens is 2. The average molecular weight is 541 g/mol. The van der Waals surface area contributed by atoms with Crippen LogP contribution in [0.1, 0.15) is 18.5 Å². The fourth-order valence-electron chi connectivity index (χ4n) is 4.37. The quantitative estimate of drug-likeness (QED) is 0.343. The molecule has 0 aliphatic carbocycles. The molecule has 0 atom stereocenters. The van der Waals surface area contributed by atoms with Crippen LogP contribution in [0.5, 0.6) is 5.75 Å². The number of methoxy groups -OCH3 is 1. The highest BCUT2D eigenvalue weighted by Crippen LogP contribution is 2.34. The zero-order valence-corrected chi connectivity index (χ0v) is 21.7. The molecule has 0 saturated carbocycles. The number of thiazole rings is 1. The second kappa shape index (κ2) is 10.5. The van der Waals surface area contributed by atoms with Gasteiger partial charge >= 0.3 is 0 Å². The first-order valence-corrected chi connectivity index (χ1v) is 14.0. The van der Waals surface area contributed by atoms with E-state index in [9.17, 15) is 17.6 Å². The number of fused-ring (bicyclic) bond motifs is 1. The lowest BCUT2D eigenvalue weighted by atomic mass is 9.96. The van der Waals surface area contributed by atoms with Gasteiger partial charge in [-0.25, -0.2) is 17.8 Å². The molecule has 1 aliphatic heterocycles. The van der Waals surface area contributed by atoms with Crippen molar-refractivity contribution in [3.05, 3.63) is 78.4 Å². The third kappa shape index (κ3) is 5.20. The molecule has 37 heavy (non-hydrogen) atoms. The summed E-state index contributed by atoms with van der Waals surface area (Å²) in [5, 5.41) is 0.393. The van der Waals surface area contributed by atoms with Gasteiger partial charge in [-0.1, -0.05) is 23.5 Å². The van der Waals surface area contributed by atoms with Gasteiger partial charge in [-0.2, -0.15) is 4.31 Å². The van der Waals surface area contributed by atoms with Gasteiger partial charge in [0, 0.05) is 25.2 Å². The van der Waals surface area contributed by atoms with Gasteiger partial charge in [0.1, 0.15) is 17.1 Å². The van der Waals surface area contributed by atoms with Crippen LogP contribution in [-0.2, 0) is 21.4 Å².